The molecule has 2 aromatic rings. The Balaban J connectivity index is 1.70. The Morgan fingerprint density at radius 2 is 1.79 bits per heavy atom. The molecule has 1 amide bonds. The first-order valence-electron chi connectivity index (χ1n) is 8.90. The Labute approximate surface area is 165 Å². The van der Waals surface area contributed by atoms with Gasteiger partial charge in [0.1, 0.15) is 12.2 Å². The molecule has 1 aromatic heterocycles. The number of ether oxygens (including phenoxy) is 1. The highest BCUT2D eigenvalue weighted by Gasteiger charge is 2.27. The summed E-state index contributed by atoms with van der Waals surface area (Å²) in [6, 6.07) is 9.65. The summed E-state index contributed by atoms with van der Waals surface area (Å²) >= 11 is 0. The Morgan fingerprint density at radius 3 is 2.39 bits per heavy atom. The van der Waals surface area contributed by atoms with Crippen molar-refractivity contribution in [2.24, 2.45) is 0 Å². The van der Waals surface area contributed by atoms with Gasteiger partial charge in [-0.25, -0.2) is 4.79 Å². The molecule has 1 aliphatic rings. The molecule has 2 heterocycles. The summed E-state index contributed by atoms with van der Waals surface area (Å²) in [5.41, 5.74) is 4.07. The number of hydrogen-bond donors (Lipinski definition) is 0. The van der Waals surface area contributed by atoms with E-state index in [-0.39, 0.29) is 12.7 Å². The average molecular weight is 404 g/mol. The molecule has 0 spiro atoms. The van der Waals surface area contributed by atoms with Gasteiger partial charge in [-0.05, 0) is 49.6 Å². The molecular formula is C20H24N2O5S. The molecular weight excluding hydrogens is 380 g/mol. The van der Waals surface area contributed by atoms with Gasteiger partial charge in [-0.3, -0.25) is 14.1 Å². The van der Waals surface area contributed by atoms with E-state index in [9.17, 15) is 13.2 Å². The number of carbonyl (C=O) groups is 1. The van der Waals surface area contributed by atoms with E-state index in [1.54, 1.807) is 17.2 Å². The lowest BCUT2D eigenvalue weighted by atomic mass is 10.0. The van der Waals surface area contributed by atoms with Crippen molar-refractivity contribution in [1.82, 2.24) is 9.88 Å². The third-order valence-electron chi connectivity index (χ3n) is 4.16. The summed E-state index contributed by atoms with van der Waals surface area (Å²) in [6.45, 7) is 6.50. The lowest BCUT2D eigenvalue weighted by Gasteiger charge is -2.24. The molecule has 0 aliphatic carbocycles. The van der Waals surface area contributed by atoms with Crippen LogP contribution in [-0.4, -0.2) is 36.3 Å². The molecule has 0 bridgehead atoms. The van der Waals surface area contributed by atoms with E-state index < -0.39 is 15.7 Å². The molecule has 150 valence electrons. The van der Waals surface area contributed by atoms with Gasteiger partial charge in [0.15, 0.2) is 0 Å². The van der Waals surface area contributed by atoms with Crippen LogP contribution in [0.15, 0.2) is 36.5 Å². The van der Waals surface area contributed by atoms with E-state index >= 15 is 0 Å². The number of nitrogens with zero attached hydrogens (tertiary/aromatic N) is 2. The lowest BCUT2D eigenvalue weighted by molar-refractivity contribution is 0.0242. The molecule has 0 N–H and O–H groups in total. The molecule has 1 aromatic carbocycles. The molecule has 0 unspecified atom stereocenters. The maximum Gasteiger partial charge on any atom is 0.410 e. The normalized spacial score (nSPS) is 14.1. The van der Waals surface area contributed by atoms with Crippen LogP contribution in [0.3, 0.4) is 0 Å². The van der Waals surface area contributed by atoms with Crippen LogP contribution in [0.5, 0.6) is 0 Å². The third kappa shape index (κ3) is 5.30. The van der Waals surface area contributed by atoms with Crippen LogP contribution < -0.4 is 0 Å². The Kier molecular flexibility index (Phi) is 5.45. The van der Waals surface area contributed by atoms with Gasteiger partial charge in [0, 0.05) is 24.8 Å². The highest BCUT2D eigenvalue weighted by Crippen LogP contribution is 2.29. The van der Waals surface area contributed by atoms with E-state index in [4.69, 9.17) is 8.92 Å². The first-order chi connectivity index (χ1) is 13.0. The standard InChI is InChI=1S/C20H24N2O5S/c1-20(2,3)27-19(23)22-11-16-6-5-14(9-17(16)12-22)15-7-8-18(21-10-15)13-26-28(4,24)25/h5-10H,11-13H2,1-4H3. The summed E-state index contributed by atoms with van der Waals surface area (Å²) < 4.78 is 32.3. The zero-order valence-corrected chi connectivity index (χ0v) is 17.2. The van der Waals surface area contributed by atoms with Gasteiger partial charge in [0.2, 0.25) is 0 Å². The molecule has 1 aliphatic heterocycles. The maximum atomic E-state index is 12.3. The summed E-state index contributed by atoms with van der Waals surface area (Å²) in [4.78, 5) is 18.2. The van der Waals surface area contributed by atoms with Crippen LogP contribution in [-0.2, 0) is 38.7 Å². The highest BCUT2D eigenvalue weighted by molar-refractivity contribution is 7.85. The van der Waals surface area contributed by atoms with Gasteiger partial charge < -0.3 is 4.74 Å². The smallest absolute Gasteiger partial charge is 0.410 e. The predicted octanol–water partition coefficient (Wildman–Crippen LogP) is 3.48. The monoisotopic (exact) mass is 404 g/mol. The SMILES string of the molecule is CC(C)(C)OC(=O)N1Cc2ccc(-c3ccc(COS(C)(=O)=O)nc3)cc2C1. The van der Waals surface area contributed by atoms with Crippen molar-refractivity contribution < 1.29 is 22.1 Å². The van der Waals surface area contributed by atoms with Crippen LogP contribution in [0.2, 0.25) is 0 Å². The summed E-state index contributed by atoms with van der Waals surface area (Å²) in [5, 5.41) is 0. The van der Waals surface area contributed by atoms with Gasteiger partial charge in [-0.2, -0.15) is 8.42 Å². The largest absolute Gasteiger partial charge is 0.444 e. The van der Waals surface area contributed by atoms with E-state index in [2.05, 4.69) is 4.98 Å². The lowest BCUT2D eigenvalue weighted by Crippen LogP contribution is -2.33. The van der Waals surface area contributed by atoms with Gasteiger partial charge in [-0.15, -0.1) is 0 Å². The molecule has 0 atom stereocenters. The number of rotatable bonds is 4. The van der Waals surface area contributed by atoms with Crippen molar-refractivity contribution in [3.05, 3.63) is 53.3 Å². The molecule has 0 saturated heterocycles. The Morgan fingerprint density at radius 1 is 1.11 bits per heavy atom. The molecule has 0 fully saturated rings. The van der Waals surface area contributed by atoms with Crippen molar-refractivity contribution in [3.8, 4) is 11.1 Å². The molecule has 3 rings (SSSR count). The zero-order chi connectivity index (χ0) is 20.5. The van der Waals surface area contributed by atoms with Crippen LogP contribution in [0.4, 0.5) is 4.79 Å². The van der Waals surface area contributed by atoms with Gasteiger partial charge in [0.05, 0.1) is 11.9 Å². The van der Waals surface area contributed by atoms with E-state index in [0.717, 1.165) is 28.5 Å². The van der Waals surface area contributed by atoms with Crippen molar-refractivity contribution in [3.63, 3.8) is 0 Å². The Bertz CT molecular complexity index is 979. The predicted molar refractivity (Wildman–Crippen MR) is 105 cm³/mol. The number of aromatic nitrogens is 1. The summed E-state index contributed by atoms with van der Waals surface area (Å²) in [7, 11) is -3.50. The number of hydrogen-bond acceptors (Lipinski definition) is 6. The van der Waals surface area contributed by atoms with Crippen LogP contribution >= 0.6 is 0 Å². The number of fused-ring (bicyclic) bond motifs is 1. The second kappa shape index (κ2) is 7.52. The second-order valence-electron chi connectivity index (χ2n) is 7.82. The van der Waals surface area contributed by atoms with Crippen LogP contribution in [0, 0.1) is 0 Å². The molecule has 8 heteroatoms. The highest BCUT2D eigenvalue weighted by atomic mass is 32.2. The van der Waals surface area contributed by atoms with Gasteiger partial charge >= 0.3 is 6.09 Å². The third-order valence-corrected chi connectivity index (χ3v) is 4.71. The molecule has 28 heavy (non-hydrogen) atoms. The van der Waals surface area contributed by atoms with E-state index in [1.807, 2.05) is 45.0 Å². The van der Waals surface area contributed by atoms with Crippen molar-refractivity contribution in [2.75, 3.05) is 6.26 Å². The van der Waals surface area contributed by atoms with E-state index in [1.165, 1.54) is 0 Å². The van der Waals surface area contributed by atoms with E-state index in [0.29, 0.717) is 18.8 Å². The molecule has 0 radical (unpaired) electrons. The van der Waals surface area contributed by atoms with Crippen molar-refractivity contribution >= 4 is 16.2 Å². The van der Waals surface area contributed by atoms with Crippen molar-refractivity contribution in [2.45, 2.75) is 46.1 Å². The minimum Gasteiger partial charge on any atom is -0.444 e. The number of pyridine rings is 1. The Hall–Kier alpha value is -2.45. The summed E-state index contributed by atoms with van der Waals surface area (Å²) in [6.07, 6.45) is 2.37. The quantitative estimate of drug-likeness (QED) is 0.725. The van der Waals surface area contributed by atoms with Gasteiger partial charge in [0.25, 0.3) is 10.1 Å². The molecule has 0 saturated carbocycles. The zero-order valence-electron chi connectivity index (χ0n) is 16.4. The maximum absolute atomic E-state index is 12.3. The average Bonchev–Trinajstić information content (AvgIpc) is 3.02. The summed E-state index contributed by atoms with van der Waals surface area (Å²) in [5.74, 6) is 0. The fraction of sp³-hybridized carbons (Fsp3) is 0.400. The van der Waals surface area contributed by atoms with Crippen LogP contribution in [0.25, 0.3) is 11.1 Å². The number of carbonyl (C=O) groups excluding carboxylic acids is 1. The second-order valence-corrected chi connectivity index (χ2v) is 9.47. The van der Waals surface area contributed by atoms with Crippen LogP contribution in [0.1, 0.15) is 37.6 Å². The van der Waals surface area contributed by atoms with Crippen molar-refractivity contribution in [1.29, 1.82) is 0 Å². The first kappa shape index (κ1) is 20.3. The number of amides is 1. The number of benzene rings is 1. The topological polar surface area (TPSA) is 85.8 Å². The fourth-order valence-corrected chi connectivity index (χ4v) is 3.21. The first-order valence-corrected chi connectivity index (χ1v) is 10.7. The van der Waals surface area contributed by atoms with Gasteiger partial charge in [-0.1, -0.05) is 18.2 Å². The fourth-order valence-electron chi connectivity index (χ4n) is 2.88. The minimum absolute atomic E-state index is 0.0891. The molecule has 7 nitrogen and oxygen atoms in total. The minimum atomic E-state index is -3.50.